The van der Waals surface area contributed by atoms with E-state index in [1.807, 2.05) is 0 Å². The number of para-hydroxylation sites is 1. The van der Waals surface area contributed by atoms with Crippen molar-refractivity contribution in [2.75, 3.05) is 0 Å². The summed E-state index contributed by atoms with van der Waals surface area (Å²) < 4.78 is 36.9. The van der Waals surface area contributed by atoms with E-state index < -0.39 is 43.9 Å². The fourth-order valence-electron chi connectivity index (χ4n) is 1.37. The first-order valence-electron chi connectivity index (χ1n) is 4.81. The molecule has 1 unspecified atom stereocenters. The van der Waals surface area contributed by atoms with Gasteiger partial charge in [0.1, 0.15) is 5.38 Å². The Morgan fingerprint density at radius 2 is 2.05 bits per heavy atom. The third kappa shape index (κ3) is 4.10. The van der Waals surface area contributed by atoms with Crippen LogP contribution in [0.3, 0.4) is 0 Å². The Bertz CT molecular complexity index is 521. The summed E-state index contributed by atoms with van der Waals surface area (Å²) in [6.45, 7) is 1.10. The molecule has 0 radical (unpaired) electrons. The number of rotatable bonds is 4. The Labute approximate surface area is 115 Å². The molecule has 0 amide bonds. The summed E-state index contributed by atoms with van der Waals surface area (Å²) in [7, 11) is 0. The van der Waals surface area contributed by atoms with Gasteiger partial charge in [-0.25, -0.2) is 0 Å². The van der Waals surface area contributed by atoms with Gasteiger partial charge in [-0.2, -0.15) is 13.2 Å². The van der Waals surface area contributed by atoms with E-state index in [9.17, 15) is 28.1 Å². The van der Waals surface area contributed by atoms with Gasteiger partial charge >= 0.3 is 5.51 Å². The summed E-state index contributed by atoms with van der Waals surface area (Å²) in [5, 5.41) is 9.56. The summed E-state index contributed by atoms with van der Waals surface area (Å²) >= 11 is 5.08. The molecule has 0 bridgehead atoms. The fraction of sp³-hybridized carbons (Fsp3) is 0.300. The zero-order chi connectivity index (χ0) is 14.8. The van der Waals surface area contributed by atoms with Crippen molar-refractivity contribution in [2.24, 2.45) is 0 Å². The molecule has 0 N–H and O–H groups in total. The number of hydrogen-bond donors (Lipinski definition) is 0. The molecule has 0 aliphatic rings. The summed E-state index contributed by atoms with van der Waals surface area (Å²) in [4.78, 5) is 20.5. The summed E-state index contributed by atoms with van der Waals surface area (Å²) in [6.07, 6.45) is 0. The molecule has 0 saturated carbocycles. The van der Waals surface area contributed by atoms with Gasteiger partial charge < -0.3 is 0 Å². The smallest absolute Gasteiger partial charge is 0.298 e. The van der Waals surface area contributed by atoms with Gasteiger partial charge in [0, 0.05) is 0 Å². The minimum Gasteiger partial charge on any atom is -0.298 e. The van der Waals surface area contributed by atoms with Crippen LogP contribution in [0.1, 0.15) is 17.9 Å². The maximum atomic E-state index is 12.3. The average Bonchev–Trinajstić information content (AvgIpc) is 2.24. The molecular weight excluding hydrogens is 307 g/mol. The average molecular weight is 314 g/mol. The molecule has 0 saturated heterocycles. The number of benzene rings is 1. The number of hydrogen-bond acceptors (Lipinski definition) is 4. The number of thioether (sulfide) groups is 1. The van der Waals surface area contributed by atoms with Crippen LogP contribution in [-0.4, -0.2) is 16.2 Å². The van der Waals surface area contributed by atoms with Crippen LogP contribution in [0, 0.1) is 10.1 Å². The molecule has 1 atom stereocenters. The van der Waals surface area contributed by atoms with Gasteiger partial charge in [-0.05, 0) is 24.8 Å². The third-order valence-electron chi connectivity index (χ3n) is 2.07. The molecule has 19 heavy (non-hydrogen) atoms. The molecule has 0 aromatic heterocycles. The minimum atomic E-state index is -4.67. The highest BCUT2D eigenvalue weighted by atomic mass is 35.5. The van der Waals surface area contributed by atoms with Gasteiger partial charge in [0.05, 0.1) is 15.4 Å². The first-order chi connectivity index (χ1) is 8.63. The number of carbonyl (C=O) groups excluding carboxylic acids is 1. The Morgan fingerprint density at radius 3 is 2.47 bits per heavy atom. The second kappa shape index (κ2) is 5.79. The predicted octanol–water partition coefficient (Wildman–Crippen LogP) is 4.08. The van der Waals surface area contributed by atoms with Crippen LogP contribution in [-0.2, 0) is 4.79 Å². The Hall–Kier alpha value is -1.28. The summed E-state index contributed by atoms with van der Waals surface area (Å²) in [5.74, 6) is -0.584. The SMILES string of the molecule is CC(=O)C(Cl)c1cccc(SC(F)(F)F)c1[N+](=O)[O-]. The fourth-order valence-corrected chi connectivity index (χ4v) is 2.23. The molecule has 1 rings (SSSR count). The quantitative estimate of drug-likeness (QED) is 0.364. The van der Waals surface area contributed by atoms with E-state index in [1.54, 1.807) is 0 Å². The molecule has 1 aromatic rings. The summed E-state index contributed by atoms with van der Waals surface area (Å²) in [5.41, 5.74) is -5.70. The highest BCUT2D eigenvalue weighted by Gasteiger charge is 2.35. The van der Waals surface area contributed by atoms with E-state index in [1.165, 1.54) is 6.07 Å². The molecule has 104 valence electrons. The Morgan fingerprint density at radius 1 is 1.47 bits per heavy atom. The number of nitro benzene ring substituents is 1. The number of alkyl halides is 4. The van der Waals surface area contributed by atoms with Crippen LogP contribution in [0.15, 0.2) is 23.1 Å². The molecule has 0 heterocycles. The van der Waals surface area contributed by atoms with Gasteiger partial charge in [0.25, 0.3) is 5.69 Å². The van der Waals surface area contributed by atoms with Crippen LogP contribution in [0.2, 0.25) is 0 Å². The molecule has 0 aliphatic carbocycles. The number of Topliss-reactive ketones (excluding diaryl/α,β-unsaturated/α-hetero) is 1. The molecule has 1 aromatic carbocycles. The van der Waals surface area contributed by atoms with E-state index in [0.717, 1.165) is 19.1 Å². The topological polar surface area (TPSA) is 60.2 Å². The molecule has 0 spiro atoms. The maximum Gasteiger partial charge on any atom is 0.446 e. The predicted molar refractivity (Wildman–Crippen MR) is 64.3 cm³/mol. The van der Waals surface area contributed by atoms with Crippen molar-refractivity contribution < 1.29 is 22.9 Å². The molecule has 0 aliphatic heterocycles. The second-order valence-corrected chi connectivity index (χ2v) is 5.02. The van der Waals surface area contributed by atoms with Gasteiger partial charge in [-0.15, -0.1) is 11.6 Å². The number of halogens is 4. The van der Waals surface area contributed by atoms with Crippen LogP contribution in [0.4, 0.5) is 18.9 Å². The van der Waals surface area contributed by atoms with Crippen LogP contribution < -0.4 is 0 Å². The van der Waals surface area contributed by atoms with E-state index in [2.05, 4.69) is 0 Å². The molecular formula is C10H7ClF3NO3S. The largest absolute Gasteiger partial charge is 0.446 e. The van der Waals surface area contributed by atoms with E-state index >= 15 is 0 Å². The molecule has 0 fully saturated rings. The zero-order valence-electron chi connectivity index (χ0n) is 9.40. The van der Waals surface area contributed by atoms with Gasteiger partial charge in [0.15, 0.2) is 5.78 Å². The molecule has 4 nitrogen and oxygen atoms in total. The lowest BCUT2D eigenvalue weighted by Gasteiger charge is -2.11. The van der Waals surface area contributed by atoms with Gasteiger partial charge in [0.2, 0.25) is 0 Å². The number of nitrogens with zero attached hydrogens (tertiary/aromatic N) is 1. The maximum absolute atomic E-state index is 12.3. The lowest BCUT2D eigenvalue weighted by molar-refractivity contribution is -0.388. The van der Waals surface area contributed by atoms with Crippen LogP contribution in [0.5, 0.6) is 0 Å². The van der Waals surface area contributed by atoms with E-state index in [-0.39, 0.29) is 5.56 Å². The minimum absolute atomic E-state index is 0.242. The van der Waals surface area contributed by atoms with Gasteiger partial charge in [-0.1, -0.05) is 12.1 Å². The van der Waals surface area contributed by atoms with Crippen molar-refractivity contribution >= 4 is 34.8 Å². The molecule has 9 heteroatoms. The first-order valence-corrected chi connectivity index (χ1v) is 6.06. The lowest BCUT2D eigenvalue weighted by atomic mass is 10.1. The standard InChI is InChI=1S/C10H7ClF3NO3S/c1-5(16)8(11)6-3-2-4-7(9(6)15(17)18)19-10(12,13)14/h2-4,8H,1H3. The van der Waals surface area contributed by atoms with Crippen LogP contribution >= 0.6 is 23.4 Å². The normalized spacial score (nSPS) is 13.1. The van der Waals surface area contributed by atoms with Crippen molar-refractivity contribution in [3.63, 3.8) is 0 Å². The van der Waals surface area contributed by atoms with Crippen molar-refractivity contribution in [1.29, 1.82) is 0 Å². The lowest BCUT2D eigenvalue weighted by Crippen LogP contribution is -2.08. The van der Waals surface area contributed by atoms with E-state index in [4.69, 9.17) is 11.6 Å². The van der Waals surface area contributed by atoms with E-state index in [0.29, 0.717) is 0 Å². The second-order valence-electron chi connectivity index (χ2n) is 3.47. The Balaban J connectivity index is 3.38. The number of carbonyl (C=O) groups is 1. The van der Waals surface area contributed by atoms with Crippen molar-refractivity contribution in [1.82, 2.24) is 0 Å². The Kier molecular flexibility index (Phi) is 4.81. The van der Waals surface area contributed by atoms with Crippen molar-refractivity contribution in [2.45, 2.75) is 22.7 Å². The highest BCUT2D eigenvalue weighted by molar-refractivity contribution is 8.00. The summed E-state index contributed by atoms with van der Waals surface area (Å²) in [6, 6.07) is 3.32. The zero-order valence-corrected chi connectivity index (χ0v) is 11.0. The van der Waals surface area contributed by atoms with Crippen molar-refractivity contribution in [3.05, 3.63) is 33.9 Å². The third-order valence-corrected chi connectivity index (χ3v) is 3.39. The number of ketones is 1. The highest BCUT2D eigenvalue weighted by Crippen LogP contribution is 2.44. The van der Waals surface area contributed by atoms with Gasteiger partial charge in [-0.3, -0.25) is 14.9 Å². The monoisotopic (exact) mass is 313 g/mol. The first kappa shape index (κ1) is 15.8. The van der Waals surface area contributed by atoms with Crippen LogP contribution in [0.25, 0.3) is 0 Å². The van der Waals surface area contributed by atoms with Crippen molar-refractivity contribution in [3.8, 4) is 0 Å². The number of nitro groups is 1.